The maximum Gasteiger partial charge on any atom is 0.277 e. The highest BCUT2D eigenvalue weighted by Crippen LogP contribution is 2.22. The molecule has 5 heteroatoms. The van der Waals surface area contributed by atoms with Crippen LogP contribution in [-0.2, 0) is 12.8 Å². The summed E-state index contributed by atoms with van der Waals surface area (Å²) in [4.78, 5) is 14.4. The molecule has 0 saturated carbocycles. The van der Waals surface area contributed by atoms with Gasteiger partial charge < -0.3 is 0 Å². The number of aryl methyl sites for hydroxylation is 2. The normalized spacial score (nSPS) is 10.3. The van der Waals surface area contributed by atoms with Crippen molar-refractivity contribution in [2.75, 3.05) is 0 Å². The molecule has 0 aliphatic heterocycles. The van der Waals surface area contributed by atoms with Crippen molar-refractivity contribution in [2.24, 2.45) is 0 Å². The van der Waals surface area contributed by atoms with Gasteiger partial charge in [0.05, 0.1) is 11.0 Å². The van der Waals surface area contributed by atoms with E-state index >= 15 is 0 Å². The average molecular weight is 263 g/mol. The second kappa shape index (κ2) is 5.60. The zero-order chi connectivity index (χ0) is 13.0. The van der Waals surface area contributed by atoms with Crippen molar-refractivity contribution in [3.8, 4) is 0 Å². The lowest BCUT2D eigenvalue weighted by Crippen LogP contribution is -1.99. The van der Waals surface area contributed by atoms with E-state index in [9.17, 15) is 10.1 Å². The lowest BCUT2D eigenvalue weighted by Gasteiger charge is -2.03. The smallest absolute Gasteiger partial charge is 0.258 e. The van der Waals surface area contributed by atoms with Crippen LogP contribution in [0.25, 0.3) is 0 Å². The number of aromatic nitrogens is 1. The van der Waals surface area contributed by atoms with Gasteiger partial charge in [0.1, 0.15) is 5.15 Å². The fourth-order valence-electron chi connectivity index (χ4n) is 1.73. The maximum absolute atomic E-state index is 10.9. The Hall–Kier alpha value is -1.94. The quantitative estimate of drug-likeness (QED) is 0.482. The Morgan fingerprint density at radius 1 is 1.22 bits per heavy atom. The molecule has 92 valence electrons. The van der Waals surface area contributed by atoms with Gasteiger partial charge in [0, 0.05) is 11.8 Å². The first-order chi connectivity index (χ1) is 8.66. The van der Waals surface area contributed by atoms with Crippen molar-refractivity contribution in [1.29, 1.82) is 0 Å². The number of pyridine rings is 1. The summed E-state index contributed by atoms with van der Waals surface area (Å²) in [5.74, 6) is 0. The van der Waals surface area contributed by atoms with Crippen molar-refractivity contribution in [3.05, 3.63) is 69.0 Å². The number of nitrogens with zero attached hydrogens (tertiary/aromatic N) is 2. The molecule has 18 heavy (non-hydrogen) atoms. The predicted molar refractivity (Wildman–Crippen MR) is 69.8 cm³/mol. The van der Waals surface area contributed by atoms with Crippen LogP contribution in [-0.4, -0.2) is 9.91 Å². The van der Waals surface area contributed by atoms with Gasteiger partial charge in [0.15, 0.2) is 0 Å². The molecule has 0 unspecified atom stereocenters. The molecule has 0 N–H and O–H groups in total. The molecule has 0 atom stereocenters. The number of halogens is 1. The summed E-state index contributed by atoms with van der Waals surface area (Å²) in [6.45, 7) is 0. The highest BCUT2D eigenvalue weighted by atomic mass is 35.5. The summed E-state index contributed by atoms with van der Waals surface area (Å²) in [6.07, 6.45) is 2.79. The second-order valence-corrected chi connectivity index (χ2v) is 4.27. The lowest BCUT2D eigenvalue weighted by atomic mass is 10.0. The standard InChI is InChI=1S/C13H11ClN2O2/c14-13-8-12(16(17)18)11(9-15-13)7-6-10-4-2-1-3-5-10/h1-5,8-9H,6-7H2. The van der Waals surface area contributed by atoms with Crippen molar-refractivity contribution >= 4 is 17.3 Å². The molecule has 0 fully saturated rings. The van der Waals surface area contributed by atoms with E-state index in [0.29, 0.717) is 12.0 Å². The first-order valence-electron chi connectivity index (χ1n) is 5.49. The molecule has 0 spiro atoms. The van der Waals surface area contributed by atoms with E-state index in [2.05, 4.69) is 4.98 Å². The third-order valence-electron chi connectivity index (χ3n) is 2.65. The summed E-state index contributed by atoms with van der Waals surface area (Å²) in [5.41, 5.74) is 1.78. The molecule has 2 aromatic rings. The first-order valence-corrected chi connectivity index (χ1v) is 5.87. The zero-order valence-corrected chi connectivity index (χ0v) is 10.3. The molecule has 1 aromatic heterocycles. The Morgan fingerprint density at radius 3 is 2.61 bits per heavy atom. The van der Waals surface area contributed by atoms with E-state index in [1.165, 1.54) is 12.3 Å². The van der Waals surface area contributed by atoms with Gasteiger partial charge in [-0.2, -0.15) is 0 Å². The zero-order valence-electron chi connectivity index (χ0n) is 9.54. The van der Waals surface area contributed by atoms with Gasteiger partial charge in [-0.3, -0.25) is 10.1 Å². The second-order valence-electron chi connectivity index (χ2n) is 3.88. The highest BCUT2D eigenvalue weighted by molar-refractivity contribution is 6.29. The van der Waals surface area contributed by atoms with Crippen LogP contribution < -0.4 is 0 Å². The van der Waals surface area contributed by atoms with Gasteiger partial charge in [-0.25, -0.2) is 4.98 Å². The van der Waals surface area contributed by atoms with Crippen LogP contribution >= 0.6 is 11.6 Å². The molecule has 1 heterocycles. The molecule has 1 aromatic carbocycles. The van der Waals surface area contributed by atoms with Crippen LogP contribution in [0.3, 0.4) is 0 Å². The molecule has 0 saturated heterocycles. The Morgan fingerprint density at radius 2 is 1.94 bits per heavy atom. The van der Waals surface area contributed by atoms with Gasteiger partial charge in [-0.05, 0) is 18.4 Å². The highest BCUT2D eigenvalue weighted by Gasteiger charge is 2.14. The number of hydrogen-bond donors (Lipinski definition) is 0. The fraction of sp³-hybridized carbons (Fsp3) is 0.154. The van der Waals surface area contributed by atoms with Gasteiger partial charge in [-0.15, -0.1) is 0 Å². The molecule has 2 rings (SSSR count). The van der Waals surface area contributed by atoms with E-state index < -0.39 is 4.92 Å². The monoisotopic (exact) mass is 262 g/mol. The van der Waals surface area contributed by atoms with Crippen LogP contribution in [0.1, 0.15) is 11.1 Å². The summed E-state index contributed by atoms with van der Waals surface area (Å²) in [6, 6.07) is 11.1. The third-order valence-corrected chi connectivity index (χ3v) is 2.86. The van der Waals surface area contributed by atoms with E-state index in [1.807, 2.05) is 30.3 Å². The van der Waals surface area contributed by atoms with Gasteiger partial charge >= 0.3 is 0 Å². The molecule has 0 radical (unpaired) electrons. The van der Waals surface area contributed by atoms with Gasteiger partial charge in [0.2, 0.25) is 0 Å². The van der Waals surface area contributed by atoms with Crippen LogP contribution in [0.2, 0.25) is 5.15 Å². The third kappa shape index (κ3) is 3.05. The Kier molecular flexibility index (Phi) is 3.89. The van der Waals surface area contributed by atoms with Crippen molar-refractivity contribution in [3.63, 3.8) is 0 Å². The van der Waals surface area contributed by atoms with Crippen molar-refractivity contribution < 1.29 is 4.92 Å². The predicted octanol–water partition coefficient (Wildman–Crippen LogP) is 3.43. The molecule has 4 nitrogen and oxygen atoms in total. The molecule has 0 aliphatic carbocycles. The Balaban J connectivity index is 2.17. The van der Waals surface area contributed by atoms with Crippen LogP contribution in [0, 0.1) is 10.1 Å². The topological polar surface area (TPSA) is 56.0 Å². The number of rotatable bonds is 4. The van der Waals surface area contributed by atoms with Crippen LogP contribution in [0.15, 0.2) is 42.6 Å². The summed E-state index contributed by atoms with van der Waals surface area (Å²) >= 11 is 5.66. The van der Waals surface area contributed by atoms with Crippen LogP contribution in [0.5, 0.6) is 0 Å². The van der Waals surface area contributed by atoms with E-state index in [0.717, 1.165) is 12.0 Å². The molecule has 0 aliphatic rings. The Bertz CT molecular complexity index is 558. The fourth-order valence-corrected chi connectivity index (χ4v) is 1.89. The number of benzene rings is 1. The van der Waals surface area contributed by atoms with E-state index in [4.69, 9.17) is 11.6 Å². The largest absolute Gasteiger partial charge is 0.277 e. The van der Waals surface area contributed by atoms with E-state index in [1.54, 1.807) is 0 Å². The van der Waals surface area contributed by atoms with Crippen molar-refractivity contribution in [1.82, 2.24) is 4.98 Å². The average Bonchev–Trinajstić information content (AvgIpc) is 2.38. The molecule has 0 bridgehead atoms. The SMILES string of the molecule is O=[N+]([O-])c1cc(Cl)ncc1CCc1ccccc1. The number of hydrogen-bond acceptors (Lipinski definition) is 3. The number of nitro groups is 1. The van der Waals surface area contributed by atoms with E-state index in [-0.39, 0.29) is 10.8 Å². The summed E-state index contributed by atoms with van der Waals surface area (Å²) < 4.78 is 0. The minimum atomic E-state index is -0.423. The molecular weight excluding hydrogens is 252 g/mol. The Labute approximate surface area is 109 Å². The molecule has 0 amide bonds. The minimum absolute atomic E-state index is 0.0333. The van der Waals surface area contributed by atoms with Crippen LogP contribution in [0.4, 0.5) is 5.69 Å². The van der Waals surface area contributed by atoms with Gasteiger partial charge in [0.25, 0.3) is 5.69 Å². The summed E-state index contributed by atoms with van der Waals surface area (Å²) in [7, 11) is 0. The first kappa shape index (κ1) is 12.5. The minimum Gasteiger partial charge on any atom is -0.258 e. The molecular formula is C13H11ClN2O2. The van der Waals surface area contributed by atoms with Crippen molar-refractivity contribution in [2.45, 2.75) is 12.8 Å². The lowest BCUT2D eigenvalue weighted by molar-refractivity contribution is -0.385. The maximum atomic E-state index is 10.9. The summed E-state index contributed by atoms with van der Waals surface area (Å²) in [5, 5.41) is 11.0. The van der Waals surface area contributed by atoms with Gasteiger partial charge in [-0.1, -0.05) is 41.9 Å².